The second-order valence-corrected chi connectivity index (χ2v) is 9.99. The van der Waals surface area contributed by atoms with Gasteiger partial charge >= 0.3 is 0 Å². The fourth-order valence-electron chi connectivity index (χ4n) is 3.71. The Morgan fingerprint density at radius 2 is 1.73 bits per heavy atom. The number of carbonyl (C=O) groups is 1. The van der Waals surface area contributed by atoms with Crippen molar-refractivity contribution in [3.05, 3.63) is 82.1 Å². The zero-order chi connectivity index (χ0) is 26.1. The van der Waals surface area contributed by atoms with Crippen LogP contribution in [0.15, 0.2) is 36.5 Å². The Morgan fingerprint density at radius 1 is 0.973 bits per heavy atom. The molecule has 11 heteroatoms. The van der Waals surface area contributed by atoms with Crippen LogP contribution in [0, 0.1) is 30.2 Å². The monoisotopic (exact) mass is 531 g/mol. The van der Waals surface area contributed by atoms with Crippen molar-refractivity contribution < 1.29 is 22.4 Å². The predicted octanol–water partition coefficient (Wildman–Crippen LogP) is 5.90. The first-order valence-corrected chi connectivity index (χ1v) is 12.8. The van der Waals surface area contributed by atoms with E-state index in [2.05, 4.69) is 25.1 Å². The molecule has 0 unspecified atom stereocenters. The number of hydrogen-bond acceptors (Lipinski definition) is 6. The number of aromatic nitrogens is 1. The zero-order valence-corrected chi connectivity index (χ0v) is 20.7. The maximum Gasteiger partial charge on any atom is 0.253 e. The minimum Gasteiger partial charge on any atom is -0.350 e. The lowest BCUT2D eigenvalue weighted by Gasteiger charge is -2.17. The molecule has 0 aliphatic heterocycles. The Morgan fingerprint density at radius 3 is 2.43 bits per heavy atom. The summed E-state index contributed by atoms with van der Waals surface area (Å²) in [7, 11) is 0. The van der Waals surface area contributed by atoms with Crippen LogP contribution in [0.5, 0.6) is 0 Å². The first kappa shape index (κ1) is 25.3. The van der Waals surface area contributed by atoms with E-state index >= 15 is 13.2 Å². The van der Waals surface area contributed by atoms with Crippen molar-refractivity contribution in [1.82, 2.24) is 15.0 Å². The number of benzene rings is 2. The molecule has 2 aromatic carbocycles. The van der Waals surface area contributed by atoms with Crippen LogP contribution in [0.25, 0.3) is 0 Å². The molecule has 2 fully saturated rings. The van der Waals surface area contributed by atoms with E-state index in [0.29, 0.717) is 11.6 Å². The number of carbonyl (C=O) groups excluding carboxylic acids is 1. The number of rotatable bonds is 10. The van der Waals surface area contributed by atoms with Crippen molar-refractivity contribution in [1.29, 1.82) is 0 Å². The molecule has 5 rings (SSSR count). The quantitative estimate of drug-likeness (QED) is 0.193. The number of nitrogens with zero attached hydrogens (tertiary/aromatic N) is 1. The molecule has 1 amide bonds. The summed E-state index contributed by atoms with van der Waals surface area (Å²) in [6, 6.07) is 7.10. The second kappa shape index (κ2) is 10.6. The molecule has 0 atom stereocenters. The van der Waals surface area contributed by atoms with Gasteiger partial charge in [0.2, 0.25) is 0 Å². The summed E-state index contributed by atoms with van der Waals surface area (Å²) in [5.74, 6) is -4.66. The summed E-state index contributed by atoms with van der Waals surface area (Å²) in [4.78, 5) is 16.9. The lowest BCUT2D eigenvalue weighted by Crippen LogP contribution is -2.27. The Bertz CT molecular complexity index is 1350. The Labute approximate surface area is 215 Å². The standard InChI is InChI=1S/C26H25F4N5OS/c1-13-2-7-20(19(27)10-13)33-24-18(26(36)32-16-3-4-16)12-15(21(28)23(24)30)11-14-8-9-31-25(22(14)29)35-37-34-17-5-6-17/h2,7-10,12,16-17,33-34H,3-6,11H2,1H3,(H,31,35)(H,32,36). The van der Waals surface area contributed by atoms with Gasteiger partial charge in [0.05, 0.1) is 16.9 Å². The Hall–Kier alpha value is -3.31. The van der Waals surface area contributed by atoms with Crippen LogP contribution < -0.4 is 20.1 Å². The average Bonchev–Trinajstić information content (AvgIpc) is 3.79. The lowest BCUT2D eigenvalue weighted by atomic mass is 9.99. The van der Waals surface area contributed by atoms with Crippen LogP contribution >= 0.6 is 12.1 Å². The molecule has 194 valence electrons. The number of halogens is 4. The zero-order valence-electron chi connectivity index (χ0n) is 19.9. The van der Waals surface area contributed by atoms with Gasteiger partial charge in [-0.2, -0.15) is 0 Å². The van der Waals surface area contributed by atoms with Crippen LogP contribution in [0.1, 0.15) is 52.7 Å². The summed E-state index contributed by atoms with van der Waals surface area (Å²) in [6.45, 7) is 1.69. The maximum atomic E-state index is 15.4. The predicted molar refractivity (Wildman–Crippen MR) is 136 cm³/mol. The smallest absolute Gasteiger partial charge is 0.253 e. The number of anilines is 3. The summed E-state index contributed by atoms with van der Waals surface area (Å²) < 4.78 is 66.1. The molecular weight excluding hydrogens is 506 g/mol. The molecule has 6 nitrogen and oxygen atoms in total. The summed E-state index contributed by atoms with van der Waals surface area (Å²) in [5, 5.41) is 5.30. The van der Waals surface area contributed by atoms with Crippen LogP contribution in [-0.2, 0) is 6.42 Å². The Kier molecular flexibility index (Phi) is 7.25. The van der Waals surface area contributed by atoms with Gasteiger partial charge in [-0.25, -0.2) is 27.3 Å². The van der Waals surface area contributed by atoms with Crippen LogP contribution in [-0.4, -0.2) is 23.0 Å². The molecule has 1 aromatic heterocycles. The van der Waals surface area contributed by atoms with E-state index in [9.17, 15) is 9.18 Å². The third-order valence-electron chi connectivity index (χ3n) is 6.12. The van der Waals surface area contributed by atoms with Crippen LogP contribution in [0.3, 0.4) is 0 Å². The van der Waals surface area contributed by atoms with Crippen molar-refractivity contribution >= 4 is 35.2 Å². The van der Waals surface area contributed by atoms with E-state index in [1.165, 1.54) is 30.5 Å². The molecule has 2 aliphatic rings. The van der Waals surface area contributed by atoms with Crippen molar-refractivity contribution in [3.63, 3.8) is 0 Å². The van der Waals surface area contributed by atoms with E-state index in [-0.39, 0.29) is 40.7 Å². The topological polar surface area (TPSA) is 78.1 Å². The van der Waals surface area contributed by atoms with Gasteiger partial charge in [0.15, 0.2) is 23.3 Å². The highest BCUT2D eigenvalue weighted by atomic mass is 32.2. The molecule has 2 aliphatic carbocycles. The molecule has 0 bridgehead atoms. The van der Waals surface area contributed by atoms with E-state index < -0.39 is 34.9 Å². The Balaban J connectivity index is 1.46. The molecule has 1 heterocycles. The van der Waals surface area contributed by atoms with E-state index in [1.54, 1.807) is 13.0 Å². The van der Waals surface area contributed by atoms with Crippen molar-refractivity contribution in [2.45, 2.75) is 51.1 Å². The summed E-state index contributed by atoms with van der Waals surface area (Å²) in [5.41, 5.74) is -0.285. The highest BCUT2D eigenvalue weighted by molar-refractivity contribution is 7.98. The molecule has 0 spiro atoms. The summed E-state index contributed by atoms with van der Waals surface area (Å²) >= 11 is 1.11. The van der Waals surface area contributed by atoms with Crippen LogP contribution in [0.2, 0.25) is 0 Å². The minimum absolute atomic E-state index is 0.0450. The van der Waals surface area contributed by atoms with Crippen molar-refractivity contribution in [2.24, 2.45) is 0 Å². The number of aryl methyl sites for hydroxylation is 1. The minimum atomic E-state index is -1.35. The molecule has 3 aromatic rings. The number of nitrogens with one attached hydrogen (secondary N) is 4. The fraction of sp³-hybridized carbons (Fsp3) is 0.308. The first-order valence-electron chi connectivity index (χ1n) is 12.0. The van der Waals surface area contributed by atoms with Gasteiger partial charge < -0.3 is 10.6 Å². The van der Waals surface area contributed by atoms with Gasteiger partial charge in [-0.05, 0) is 73.6 Å². The lowest BCUT2D eigenvalue weighted by molar-refractivity contribution is 0.0951. The SMILES string of the molecule is Cc1ccc(Nc2c(C(=O)NC3CC3)cc(Cc3ccnc(NSNC4CC4)c3F)c(F)c2F)c(F)c1. The molecule has 2 saturated carbocycles. The van der Waals surface area contributed by atoms with Gasteiger partial charge in [-0.3, -0.25) is 9.52 Å². The van der Waals surface area contributed by atoms with E-state index in [0.717, 1.165) is 37.8 Å². The highest BCUT2D eigenvalue weighted by Crippen LogP contribution is 2.33. The van der Waals surface area contributed by atoms with Gasteiger partial charge in [0, 0.05) is 36.8 Å². The van der Waals surface area contributed by atoms with Gasteiger partial charge in [-0.15, -0.1) is 0 Å². The molecule has 37 heavy (non-hydrogen) atoms. The number of hydrogen-bond donors (Lipinski definition) is 4. The third-order valence-corrected chi connectivity index (χ3v) is 6.87. The van der Waals surface area contributed by atoms with Crippen molar-refractivity contribution in [3.8, 4) is 0 Å². The fourth-order valence-corrected chi connectivity index (χ4v) is 4.41. The second-order valence-electron chi connectivity index (χ2n) is 9.35. The molecule has 4 N–H and O–H groups in total. The van der Waals surface area contributed by atoms with Gasteiger partial charge in [0.25, 0.3) is 5.91 Å². The first-order chi connectivity index (χ1) is 17.8. The molecule has 0 radical (unpaired) electrons. The molecular formula is C26H25F4N5OS. The third kappa shape index (κ3) is 5.99. The van der Waals surface area contributed by atoms with Gasteiger partial charge in [-0.1, -0.05) is 6.07 Å². The van der Waals surface area contributed by atoms with Crippen LogP contribution in [0.4, 0.5) is 34.8 Å². The summed E-state index contributed by atoms with van der Waals surface area (Å²) in [6.07, 6.45) is 4.70. The van der Waals surface area contributed by atoms with Gasteiger partial charge in [0.1, 0.15) is 5.82 Å². The largest absolute Gasteiger partial charge is 0.350 e. The van der Waals surface area contributed by atoms with E-state index in [4.69, 9.17) is 0 Å². The average molecular weight is 532 g/mol. The van der Waals surface area contributed by atoms with E-state index in [1.807, 2.05) is 0 Å². The molecule has 0 saturated heterocycles. The maximum absolute atomic E-state index is 15.4. The normalized spacial score (nSPS) is 14.9. The number of amides is 1. The highest BCUT2D eigenvalue weighted by Gasteiger charge is 2.29. The number of pyridine rings is 1. The van der Waals surface area contributed by atoms with Crippen molar-refractivity contribution in [2.75, 3.05) is 10.0 Å².